The molecular weight excluding hydrogens is 447 g/mol. The van der Waals surface area contributed by atoms with Crippen LogP contribution in [0.2, 0.25) is 5.02 Å². The second-order valence-corrected chi connectivity index (χ2v) is 7.85. The van der Waals surface area contributed by atoms with Gasteiger partial charge in [0.25, 0.3) is 0 Å². The van der Waals surface area contributed by atoms with Crippen molar-refractivity contribution >= 4 is 45.9 Å². The van der Waals surface area contributed by atoms with Crippen molar-refractivity contribution in [2.24, 2.45) is 0 Å². The van der Waals surface area contributed by atoms with Gasteiger partial charge in [-0.3, -0.25) is 10.3 Å². The lowest BCUT2D eigenvalue weighted by Crippen LogP contribution is -2.14. The van der Waals surface area contributed by atoms with Gasteiger partial charge in [-0.15, -0.1) is 11.6 Å². The number of pyridine rings is 1. The molecule has 1 aromatic heterocycles. The number of anilines is 1. The highest BCUT2D eigenvalue weighted by molar-refractivity contribution is 6.35. The number of hydrogen-bond donors (Lipinski definition) is 1. The second-order valence-electron chi connectivity index (χ2n) is 7.06. The Kier molecular flexibility index (Phi) is 6.78. The summed E-state index contributed by atoms with van der Waals surface area (Å²) < 4.78 is 11.0. The molecule has 0 aliphatic rings. The van der Waals surface area contributed by atoms with Crippen LogP contribution in [0.4, 0.5) is 10.5 Å². The normalized spacial score (nSPS) is 10.7. The maximum absolute atomic E-state index is 11.8. The van der Waals surface area contributed by atoms with E-state index in [0.29, 0.717) is 22.2 Å². The van der Waals surface area contributed by atoms with E-state index in [1.807, 2.05) is 61.7 Å². The minimum atomic E-state index is -0.566. The molecule has 3 aromatic carbocycles. The highest BCUT2D eigenvalue weighted by Crippen LogP contribution is 2.35. The fourth-order valence-corrected chi connectivity index (χ4v) is 3.74. The minimum absolute atomic E-state index is 0.144. The molecule has 0 bridgehead atoms. The zero-order chi connectivity index (χ0) is 22.5. The molecule has 0 saturated heterocycles. The Balaban J connectivity index is 1.61. The summed E-state index contributed by atoms with van der Waals surface area (Å²) in [6, 6.07) is 20.7. The van der Waals surface area contributed by atoms with Gasteiger partial charge in [-0.1, -0.05) is 41.9 Å². The SMILES string of the molecule is Cc1cnc2c(Cl)cccc2c1-c1cccc(Oc2cccc(NC(=O)OCCCl)c2)c1. The van der Waals surface area contributed by atoms with E-state index >= 15 is 0 Å². The standard InChI is InChI=1S/C25H20Cl2N2O3/c1-16-15-28-24-21(9-4-10-22(24)27)23(16)17-5-2-7-19(13-17)32-20-8-3-6-18(14-20)29-25(30)31-12-11-26/h2-10,13-15H,11-12H2,1H3,(H,29,30). The van der Waals surface area contributed by atoms with Gasteiger partial charge in [-0.2, -0.15) is 0 Å². The van der Waals surface area contributed by atoms with Crippen LogP contribution in [-0.4, -0.2) is 23.6 Å². The summed E-state index contributed by atoms with van der Waals surface area (Å²) in [6.45, 7) is 2.17. The quantitative estimate of drug-likeness (QED) is 0.299. The molecule has 162 valence electrons. The number of alkyl halides is 1. The molecule has 0 fully saturated rings. The molecule has 0 aliphatic heterocycles. The lowest BCUT2D eigenvalue weighted by atomic mass is 9.97. The predicted molar refractivity (Wildman–Crippen MR) is 129 cm³/mol. The van der Waals surface area contributed by atoms with Crippen LogP contribution in [0.3, 0.4) is 0 Å². The smallest absolute Gasteiger partial charge is 0.411 e. The lowest BCUT2D eigenvalue weighted by molar-refractivity contribution is 0.168. The van der Waals surface area contributed by atoms with Gasteiger partial charge in [0.15, 0.2) is 0 Å². The van der Waals surface area contributed by atoms with E-state index in [4.69, 9.17) is 32.7 Å². The first-order valence-electron chi connectivity index (χ1n) is 9.97. The molecule has 0 spiro atoms. The number of nitrogens with zero attached hydrogens (tertiary/aromatic N) is 1. The minimum Gasteiger partial charge on any atom is -0.457 e. The molecule has 32 heavy (non-hydrogen) atoms. The molecule has 7 heteroatoms. The molecule has 1 amide bonds. The number of amides is 1. The summed E-state index contributed by atoms with van der Waals surface area (Å²) in [5, 5.41) is 4.25. The topological polar surface area (TPSA) is 60.5 Å². The summed E-state index contributed by atoms with van der Waals surface area (Å²) in [4.78, 5) is 16.3. The van der Waals surface area contributed by atoms with Crippen molar-refractivity contribution in [3.63, 3.8) is 0 Å². The van der Waals surface area contributed by atoms with Crippen molar-refractivity contribution in [3.05, 3.63) is 83.5 Å². The molecule has 0 aliphatic carbocycles. The van der Waals surface area contributed by atoms with Gasteiger partial charge in [-0.05, 0) is 53.9 Å². The molecule has 1 heterocycles. The van der Waals surface area contributed by atoms with E-state index in [1.54, 1.807) is 18.2 Å². The average Bonchev–Trinajstić information content (AvgIpc) is 2.78. The summed E-state index contributed by atoms with van der Waals surface area (Å²) >= 11 is 11.9. The number of aromatic nitrogens is 1. The number of para-hydroxylation sites is 1. The number of fused-ring (bicyclic) bond motifs is 1. The molecule has 1 N–H and O–H groups in total. The molecule has 0 atom stereocenters. The Hall–Kier alpha value is -3.28. The third kappa shape index (κ3) is 4.96. The first-order chi connectivity index (χ1) is 15.5. The maximum atomic E-state index is 11.8. The average molecular weight is 467 g/mol. The van der Waals surface area contributed by atoms with Gasteiger partial charge in [0.05, 0.1) is 16.4 Å². The van der Waals surface area contributed by atoms with E-state index < -0.39 is 6.09 Å². The number of nitrogens with one attached hydrogen (secondary N) is 1. The van der Waals surface area contributed by atoms with Crippen LogP contribution in [0, 0.1) is 6.92 Å². The van der Waals surface area contributed by atoms with Gasteiger partial charge in [0.1, 0.15) is 18.1 Å². The molecule has 0 radical (unpaired) electrons. The van der Waals surface area contributed by atoms with Crippen LogP contribution in [0.1, 0.15) is 5.56 Å². The molecule has 4 aromatic rings. The zero-order valence-electron chi connectivity index (χ0n) is 17.3. The van der Waals surface area contributed by atoms with Crippen molar-refractivity contribution in [2.75, 3.05) is 17.8 Å². The molecular formula is C25H20Cl2N2O3. The van der Waals surface area contributed by atoms with Crippen LogP contribution in [0.15, 0.2) is 72.9 Å². The maximum Gasteiger partial charge on any atom is 0.411 e. The van der Waals surface area contributed by atoms with Crippen molar-refractivity contribution in [1.82, 2.24) is 4.98 Å². The summed E-state index contributed by atoms with van der Waals surface area (Å²) in [5.41, 5.74) is 4.41. The highest BCUT2D eigenvalue weighted by atomic mass is 35.5. The summed E-state index contributed by atoms with van der Waals surface area (Å²) in [7, 11) is 0. The zero-order valence-corrected chi connectivity index (χ0v) is 18.8. The third-order valence-corrected chi connectivity index (χ3v) is 5.25. The molecule has 5 nitrogen and oxygen atoms in total. The number of aryl methyl sites for hydroxylation is 1. The second kappa shape index (κ2) is 9.90. The number of benzene rings is 3. The van der Waals surface area contributed by atoms with Crippen LogP contribution in [-0.2, 0) is 4.74 Å². The fourth-order valence-electron chi connectivity index (χ4n) is 3.44. The highest BCUT2D eigenvalue weighted by Gasteiger charge is 2.12. The Morgan fingerprint density at radius 2 is 1.78 bits per heavy atom. The fraction of sp³-hybridized carbons (Fsp3) is 0.120. The number of ether oxygens (including phenoxy) is 2. The van der Waals surface area contributed by atoms with E-state index in [1.165, 1.54) is 0 Å². The molecule has 0 unspecified atom stereocenters. The Bertz CT molecular complexity index is 1280. The van der Waals surface area contributed by atoms with Crippen LogP contribution < -0.4 is 10.1 Å². The summed E-state index contributed by atoms with van der Waals surface area (Å²) in [5.74, 6) is 1.48. The van der Waals surface area contributed by atoms with Gasteiger partial charge in [0.2, 0.25) is 0 Å². The van der Waals surface area contributed by atoms with Crippen LogP contribution >= 0.6 is 23.2 Å². The number of rotatable bonds is 6. The van der Waals surface area contributed by atoms with E-state index in [2.05, 4.69) is 10.3 Å². The number of carbonyl (C=O) groups is 1. The van der Waals surface area contributed by atoms with Crippen molar-refractivity contribution in [3.8, 4) is 22.6 Å². The number of carbonyl (C=O) groups excluding carboxylic acids is 1. The number of halogens is 2. The van der Waals surface area contributed by atoms with Gasteiger partial charge >= 0.3 is 6.09 Å². The summed E-state index contributed by atoms with van der Waals surface area (Å²) in [6.07, 6.45) is 1.26. The van der Waals surface area contributed by atoms with Gasteiger partial charge in [0, 0.05) is 23.3 Å². The third-order valence-electron chi connectivity index (χ3n) is 4.79. The van der Waals surface area contributed by atoms with Crippen molar-refractivity contribution < 1.29 is 14.3 Å². The first kappa shape index (κ1) is 21.9. The Labute approximate surface area is 195 Å². The predicted octanol–water partition coefficient (Wildman–Crippen LogP) is 7.44. The van der Waals surface area contributed by atoms with Crippen molar-refractivity contribution in [1.29, 1.82) is 0 Å². The van der Waals surface area contributed by atoms with E-state index in [9.17, 15) is 4.79 Å². The molecule has 4 rings (SSSR count). The van der Waals surface area contributed by atoms with Crippen molar-refractivity contribution in [2.45, 2.75) is 6.92 Å². The monoisotopic (exact) mass is 466 g/mol. The van der Waals surface area contributed by atoms with Gasteiger partial charge in [-0.25, -0.2) is 4.79 Å². The Morgan fingerprint density at radius 1 is 1.03 bits per heavy atom. The Morgan fingerprint density at radius 3 is 2.59 bits per heavy atom. The number of hydrogen-bond acceptors (Lipinski definition) is 4. The van der Waals surface area contributed by atoms with Gasteiger partial charge < -0.3 is 9.47 Å². The largest absolute Gasteiger partial charge is 0.457 e. The van der Waals surface area contributed by atoms with E-state index in [-0.39, 0.29) is 12.5 Å². The van der Waals surface area contributed by atoms with Crippen LogP contribution in [0.25, 0.3) is 22.0 Å². The first-order valence-corrected chi connectivity index (χ1v) is 10.9. The van der Waals surface area contributed by atoms with Crippen LogP contribution in [0.5, 0.6) is 11.5 Å². The molecule has 0 saturated carbocycles. The lowest BCUT2D eigenvalue weighted by Gasteiger charge is -2.13. The van der Waals surface area contributed by atoms with E-state index in [0.717, 1.165) is 27.6 Å².